The van der Waals surface area contributed by atoms with Crippen LogP contribution in [0.5, 0.6) is 5.75 Å². The Morgan fingerprint density at radius 2 is 2.04 bits per heavy atom. The Labute approximate surface area is 149 Å². The van der Waals surface area contributed by atoms with E-state index in [1.165, 1.54) is 0 Å². The van der Waals surface area contributed by atoms with Gasteiger partial charge in [0.1, 0.15) is 12.4 Å². The van der Waals surface area contributed by atoms with Crippen molar-refractivity contribution in [1.29, 1.82) is 0 Å². The molecule has 1 heterocycles. The highest BCUT2D eigenvalue weighted by molar-refractivity contribution is 7.09. The molecule has 1 amide bonds. The van der Waals surface area contributed by atoms with Gasteiger partial charge in [0.15, 0.2) is 0 Å². The minimum absolute atomic E-state index is 0.195. The van der Waals surface area contributed by atoms with E-state index in [0.717, 1.165) is 10.7 Å². The summed E-state index contributed by atoms with van der Waals surface area (Å²) >= 11 is 7.50. The molecule has 0 saturated carbocycles. The van der Waals surface area contributed by atoms with Gasteiger partial charge >= 0.3 is 0 Å². The Bertz CT molecular complexity index is 846. The van der Waals surface area contributed by atoms with E-state index in [1.54, 1.807) is 59.9 Å². The summed E-state index contributed by atoms with van der Waals surface area (Å²) in [7, 11) is 0. The summed E-state index contributed by atoms with van der Waals surface area (Å²) in [4.78, 5) is 16.6. The Kier molecular flexibility index (Phi) is 5.13. The average molecular weight is 359 g/mol. The summed E-state index contributed by atoms with van der Waals surface area (Å²) in [6.07, 6.45) is 0. The van der Waals surface area contributed by atoms with Crippen LogP contribution in [-0.4, -0.2) is 10.9 Å². The molecule has 6 heteroatoms. The zero-order valence-corrected chi connectivity index (χ0v) is 14.5. The van der Waals surface area contributed by atoms with Crippen LogP contribution >= 0.6 is 22.9 Å². The van der Waals surface area contributed by atoms with Crippen molar-refractivity contribution in [3.63, 3.8) is 0 Å². The number of anilines is 1. The van der Waals surface area contributed by atoms with Crippen molar-refractivity contribution in [2.24, 2.45) is 0 Å². The molecule has 122 valence electrons. The maximum Gasteiger partial charge on any atom is 0.255 e. The number of aromatic nitrogens is 1. The molecule has 0 aliphatic rings. The van der Waals surface area contributed by atoms with Crippen molar-refractivity contribution in [2.75, 3.05) is 5.32 Å². The predicted octanol–water partition coefficient (Wildman–Crippen LogP) is 4.94. The van der Waals surface area contributed by atoms with Gasteiger partial charge in [-0.3, -0.25) is 4.79 Å². The lowest BCUT2D eigenvalue weighted by atomic mass is 10.2. The molecule has 0 aliphatic carbocycles. The van der Waals surface area contributed by atoms with Crippen LogP contribution in [0, 0.1) is 6.92 Å². The summed E-state index contributed by atoms with van der Waals surface area (Å²) < 4.78 is 5.67. The molecule has 0 atom stereocenters. The summed E-state index contributed by atoms with van der Waals surface area (Å²) in [6.45, 7) is 2.37. The fraction of sp³-hybridized carbons (Fsp3) is 0.111. The first-order chi connectivity index (χ1) is 11.6. The van der Waals surface area contributed by atoms with E-state index in [2.05, 4.69) is 10.3 Å². The summed E-state index contributed by atoms with van der Waals surface area (Å²) in [6, 6.07) is 14.0. The molecule has 0 aliphatic heterocycles. The first-order valence-corrected chi connectivity index (χ1v) is 8.57. The maximum atomic E-state index is 12.2. The molecule has 0 unspecified atom stereocenters. The lowest BCUT2D eigenvalue weighted by Gasteiger charge is -2.07. The van der Waals surface area contributed by atoms with Crippen molar-refractivity contribution in [1.82, 2.24) is 4.98 Å². The molecule has 0 bridgehead atoms. The van der Waals surface area contributed by atoms with E-state index in [9.17, 15) is 4.79 Å². The predicted molar refractivity (Wildman–Crippen MR) is 97.0 cm³/mol. The van der Waals surface area contributed by atoms with E-state index in [1.807, 2.05) is 12.3 Å². The van der Waals surface area contributed by atoms with Crippen molar-refractivity contribution >= 4 is 34.5 Å². The van der Waals surface area contributed by atoms with E-state index in [0.29, 0.717) is 28.6 Å². The third-order valence-electron chi connectivity index (χ3n) is 3.25. The van der Waals surface area contributed by atoms with Crippen LogP contribution in [0.1, 0.15) is 21.1 Å². The largest absolute Gasteiger partial charge is 0.487 e. The molecular formula is C18H15ClN2O2S. The standard InChI is InChI=1S/C18H15ClN2O2S/c1-12-20-16(11-24-12)10-23-17-7-5-13(6-8-17)18(22)21-15-4-2-3-14(19)9-15/h2-9,11H,10H2,1H3,(H,21,22). The Balaban J connectivity index is 1.60. The maximum absolute atomic E-state index is 12.2. The molecule has 0 saturated heterocycles. The second-order valence-corrected chi connectivity index (χ2v) is 6.63. The Morgan fingerprint density at radius 1 is 1.25 bits per heavy atom. The van der Waals surface area contributed by atoms with Gasteiger partial charge in [-0.25, -0.2) is 4.98 Å². The van der Waals surface area contributed by atoms with Gasteiger partial charge in [0.05, 0.1) is 10.7 Å². The second kappa shape index (κ2) is 7.47. The van der Waals surface area contributed by atoms with E-state index in [-0.39, 0.29) is 5.91 Å². The number of aryl methyl sites for hydroxylation is 1. The molecule has 2 aromatic carbocycles. The van der Waals surface area contributed by atoms with E-state index >= 15 is 0 Å². The monoisotopic (exact) mass is 358 g/mol. The highest BCUT2D eigenvalue weighted by Crippen LogP contribution is 2.18. The summed E-state index contributed by atoms with van der Waals surface area (Å²) in [5.41, 5.74) is 2.11. The normalized spacial score (nSPS) is 10.4. The topological polar surface area (TPSA) is 51.2 Å². The van der Waals surface area contributed by atoms with Crippen molar-refractivity contribution in [2.45, 2.75) is 13.5 Å². The zero-order valence-electron chi connectivity index (χ0n) is 13.0. The van der Waals surface area contributed by atoms with E-state index in [4.69, 9.17) is 16.3 Å². The van der Waals surface area contributed by atoms with Crippen molar-refractivity contribution in [3.05, 3.63) is 75.2 Å². The SMILES string of the molecule is Cc1nc(COc2ccc(C(=O)Nc3cccc(Cl)c3)cc2)cs1. The lowest BCUT2D eigenvalue weighted by molar-refractivity contribution is 0.102. The van der Waals surface area contributed by atoms with Gasteiger partial charge in [-0.15, -0.1) is 11.3 Å². The van der Waals surface area contributed by atoms with Crippen LogP contribution in [-0.2, 0) is 6.61 Å². The van der Waals surface area contributed by atoms with Gasteiger partial charge in [-0.2, -0.15) is 0 Å². The van der Waals surface area contributed by atoms with E-state index < -0.39 is 0 Å². The smallest absolute Gasteiger partial charge is 0.255 e. The molecule has 24 heavy (non-hydrogen) atoms. The number of nitrogens with zero attached hydrogens (tertiary/aromatic N) is 1. The molecule has 0 spiro atoms. The first kappa shape index (κ1) is 16.5. The third kappa shape index (κ3) is 4.34. The third-order valence-corrected chi connectivity index (χ3v) is 4.31. The number of benzene rings is 2. The Morgan fingerprint density at radius 3 is 2.71 bits per heavy atom. The number of thiazole rings is 1. The van der Waals surface area contributed by atoms with Gasteiger partial charge in [-0.1, -0.05) is 17.7 Å². The molecule has 3 rings (SSSR count). The quantitative estimate of drug-likeness (QED) is 0.703. The molecule has 0 fully saturated rings. The number of ether oxygens (including phenoxy) is 1. The van der Waals surface area contributed by atoms with Crippen LogP contribution < -0.4 is 10.1 Å². The first-order valence-electron chi connectivity index (χ1n) is 7.31. The molecule has 1 N–H and O–H groups in total. The van der Waals surface area contributed by atoms with Crippen LogP contribution in [0.4, 0.5) is 5.69 Å². The number of amides is 1. The molecular weight excluding hydrogens is 344 g/mol. The van der Waals surface area contributed by atoms with Crippen LogP contribution in [0.25, 0.3) is 0 Å². The van der Waals surface area contributed by atoms with Gasteiger partial charge in [0.2, 0.25) is 0 Å². The fourth-order valence-corrected chi connectivity index (χ4v) is 2.89. The number of rotatable bonds is 5. The van der Waals surface area contributed by atoms with Crippen LogP contribution in [0.2, 0.25) is 5.02 Å². The molecule has 3 aromatic rings. The number of halogens is 1. The summed E-state index contributed by atoms with van der Waals surface area (Å²) in [5.74, 6) is 0.499. The number of nitrogens with one attached hydrogen (secondary N) is 1. The van der Waals surface area contributed by atoms with Gasteiger partial charge in [0, 0.05) is 21.7 Å². The van der Waals surface area contributed by atoms with Crippen molar-refractivity contribution in [3.8, 4) is 5.75 Å². The Hall–Kier alpha value is -2.37. The highest BCUT2D eigenvalue weighted by Gasteiger charge is 2.07. The van der Waals surface area contributed by atoms with Crippen LogP contribution in [0.15, 0.2) is 53.9 Å². The fourth-order valence-electron chi connectivity index (χ4n) is 2.10. The highest BCUT2D eigenvalue weighted by atomic mass is 35.5. The number of carbonyl (C=O) groups excluding carboxylic acids is 1. The van der Waals surface area contributed by atoms with Gasteiger partial charge in [0.25, 0.3) is 5.91 Å². The molecule has 0 radical (unpaired) electrons. The summed E-state index contributed by atoms with van der Waals surface area (Å²) in [5, 5.41) is 6.37. The van der Waals surface area contributed by atoms with Crippen LogP contribution in [0.3, 0.4) is 0 Å². The zero-order chi connectivity index (χ0) is 16.9. The average Bonchev–Trinajstić information content (AvgIpc) is 2.99. The number of hydrogen-bond donors (Lipinski definition) is 1. The minimum Gasteiger partial charge on any atom is -0.487 e. The van der Waals surface area contributed by atoms with Crippen molar-refractivity contribution < 1.29 is 9.53 Å². The number of carbonyl (C=O) groups is 1. The lowest BCUT2D eigenvalue weighted by Crippen LogP contribution is -2.11. The molecule has 1 aromatic heterocycles. The minimum atomic E-state index is -0.195. The number of hydrogen-bond acceptors (Lipinski definition) is 4. The van der Waals surface area contributed by atoms with Gasteiger partial charge in [-0.05, 0) is 49.4 Å². The van der Waals surface area contributed by atoms with Gasteiger partial charge < -0.3 is 10.1 Å². The second-order valence-electron chi connectivity index (χ2n) is 5.14. The molecule has 4 nitrogen and oxygen atoms in total.